The van der Waals surface area contributed by atoms with Crippen LogP contribution in [0.15, 0.2) is 66.9 Å². The van der Waals surface area contributed by atoms with Gasteiger partial charge in [0.1, 0.15) is 23.9 Å². The van der Waals surface area contributed by atoms with E-state index in [1.54, 1.807) is 12.1 Å². The predicted octanol–water partition coefficient (Wildman–Crippen LogP) is 6.08. The fraction of sp³-hybridized carbons (Fsp3) is 0.333. The van der Waals surface area contributed by atoms with E-state index in [9.17, 15) is 0 Å². The quantitative estimate of drug-likeness (QED) is 0.267. The normalized spacial score (nSPS) is 15.6. The molecule has 6 rings (SSSR count). The summed E-state index contributed by atoms with van der Waals surface area (Å²) in [6.07, 6.45) is 3.27. The average Bonchev–Trinajstić information content (AvgIpc) is 2.99. The predicted molar refractivity (Wildman–Crippen MR) is 158 cm³/mol. The number of hydrogen-bond acceptors (Lipinski definition) is 6. The SMILES string of the molecule is CN(C)C1CCN(c2ccc(Cc3ncc(F)c(-c4cc(F)c5c(c4)N(Cc4ccccc4)CCO5)n3)cc2F)CC1. The number of ether oxygens (including phenoxy) is 1. The fourth-order valence-corrected chi connectivity index (χ4v) is 5.85. The first-order valence-electron chi connectivity index (χ1n) is 14.3. The van der Waals surface area contributed by atoms with Crippen LogP contribution in [0.3, 0.4) is 0 Å². The number of anilines is 2. The van der Waals surface area contributed by atoms with Gasteiger partial charge in [-0.15, -0.1) is 0 Å². The largest absolute Gasteiger partial charge is 0.486 e. The number of halogens is 3. The van der Waals surface area contributed by atoms with Crippen molar-refractivity contribution in [2.75, 3.05) is 50.1 Å². The number of aromatic nitrogens is 2. The highest BCUT2D eigenvalue weighted by Crippen LogP contribution is 2.39. The van der Waals surface area contributed by atoms with Crippen LogP contribution in [-0.2, 0) is 13.0 Å². The van der Waals surface area contributed by atoms with Crippen LogP contribution >= 0.6 is 0 Å². The van der Waals surface area contributed by atoms with E-state index < -0.39 is 11.6 Å². The maximum atomic E-state index is 15.2. The molecule has 1 aromatic heterocycles. The Labute approximate surface area is 244 Å². The van der Waals surface area contributed by atoms with E-state index >= 15 is 13.2 Å². The molecule has 2 aliphatic rings. The second-order valence-electron chi connectivity index (χ2n) is 11.2. The lowest BCUT2D eigenvalue weighted by atomic mass is 10.0. The molecule has 218 valence electrons. The average molecular weight is 574 g/mol. The Bertz CT molecular complexity index is 1560. The summed E-state index contributed by atoms with van der Waals surface area (Å²) in [7, 11) is 4.16. The van der Waals surface area contributed by atoms with Gasteiger partial charge < -0.3 is 19.4 Å². The lowest BCUT2D eigenvalue weighted by Crippen LogP contribution is -2.42. The molecule has 9 heteroatoms. The summed E-state index contributed by atoms with van der Waals surface area (Å²) < 4.78 is 51.1. The third-order valence-corrected chi connectivity index (χ3v) is 8.17. The Morgan fingerprint density at radius 3 is 2.38 bits per heavy atom. The van der Waals surface area contributed by atoms with Crippen LogP contribution < -0.4 is 14.5 Å². The second-order valence-corrected chi connectivity index (χ2v) is 11.2. The minimum Gasteiger partial charge on any atom is -0.486 e. The Morgan fingerprint density at radius 2 is 1.64 bits per heavy atom. The van der Waals surface area contributed by atoms with E-state index in [0.717, 1.165) is 37.7 Å². The van der Waals surface area contributed by atoms with Crippen LogP contribution in [0.4, 0.5) is 24.5 Å². The van der Waals surface area contributed by atoms with Crippen LogP contribution in [0.2, 0.25) is 0 Å². The number of hydrogen-bond donors (Lipinski definition) is 0. The molecule has 6 nitrogen and oxygen atoms in total. The molecule has 1 fully saturated rings. The van der Waals surface area contributed by atoms with Crippen molar-refractivity contribution < 1.29 is 17.9 Å². The van der Waals surface area contributed by atoms with Crippen LogP contribution in [0, 0.1) is 17.5 Å². The lowest BCUT2D eigenvalue weighted by Gasteiger charge is -2.36. The zero-order valence-corrected chi connectivity index (χ0v) is 23.9. The van der Waals surface area contributed by atoms with Crippen molar-refractivity contribution in [2.24, 2.45) is 0 Å². The highest BCUT2D eigenvalue weighted by molar-refractivity contribution is 5.72. The van der Waals surface area contributed by atoms with Crippen LogP contribution in [0.25, 0.3) is 11.3 Å². The van der Waals surface area contributed by atoms with E-state index in [4.69, 9.17) is 4.74 Å². The summed E-state index contributed by atoms with van der Waals surface area (Å²) in [6.45, 7) is 3.08. The zero-order chi connectivity index (χ0) is 29.2. The third-order valence-electron chi connectivity index (χ3n) is 8.17. The van der Waals surface area contributed by atoms with E-state index in [1.165, 1.54) is 12.1 Å². The Morgan fingerprint density at radius 1 is 0.857 bits per heavy atom. The summed E-state index contributed by atoms with van der Waals surface area (Å²) in [5.74, 6) is -1.06. The molecule has 1 saturated heterocycles. The summed E-state index contributed by atoms with van der Waals surface area (Å²) in [5, 5.41) is 0. The summed E-state index contributed by atoms with van der Waals surface area (Å²) >= 11 is 0. The number of nitrogens with zero attached hydrogens (tertiary/aromatic N) is 5. The molecule has 0 amide bonds. The van der Waals surface area contributed by atoms with Crippen molar-refractivity contribution in [2.45, 2.75) is 31.8 Å². The Balaban J connectivity index is 1.23. The van der Waals surface area contributed by atoms with Gasteiger partial charge in [0.25, 0.3) is 0 Å². The van der Waals surface area contributed by atoms with Gasteiger partial charge in [-0.05, 0) is 62.3 Å². The summed E-state index contributed by atoms with van der Waals surface area (Å²) in [4.78, 5) is 14.9. The number of benzene rings is 3. The van der Waals surface area contributed by atoms with Gasteiger partial charge in [0.2, 0.25) is 0 Å². The maximum absolute atomic E-state index is 15.2. The second kappa shape index (κ2) is 12.0. The molecule has 0 radical (unpaired) electrons. The molecule has 0 N–H and O–H groups in total. The Kier molecular flexibility index (Phi) is 8.02. The van der Waals surface area contributed by atoms with Crippen LogP contribution in [0.1, 0.15) is 29.8 Å². The van der Waals surface area contributed by atoms with Gasteiger partial charge in [-0.3, -0.25) is 0 Å². The molecule has 0 saturated carbocycles. The minimum absolute atomic E-state index is 0.00668. The number of rotatable bonds is 7. The Hall–Kier alpha value is -4.11. The van der Waals surface area contributed by atoms with Gasteiger partial charge in [0, 0.05) is 37.7 Å². The number of fused-ring (bicyclic) bond motifs is 1. The molecular weight excluding hydrogens is 539 g/mol. The molecule has 0 aliphatic carbocycles. The molecule has 0 atom stereocenters. The van der Waals surface area contributed by atoms with Gasteiger partial charge >= 0.3 is 0 Å². The molecule has 3 aromatic carbocycles. The standard InChI is InChI=1S/C33H34F3N5O/c1-39(2)25-10-12-40(13-11-25)29-9-8-23(16-26(29)34)17-31-37-20-28(36)32(38-31)24-18-27(35)33-30(19-24)41(14-15-42-33)21-22-6-4-3-5-7-22/h3-9,16,18-20,25H,10-15,17,21H2,1-2H3. The summed E-state index contributed by atoms with van der Waals surface area (Å²) in [6, 6.07) is 18.5. The monoisotopic (exact) mass is 573 g/mol. The first-order chi connectivity index (χ1) is 20.4. The van der Waals surface area contributed by atoms with E-state index in [0.29, 0.717) is 54.1 Å². The molecule has 2 aliphatic heterocycles. The highest BCUT2D eigenvalue weighted by atomic mass is 19.1. The third kappa shape index (κ3) is 5.92. The van der Waals surface area contributed by atoms with E-state index in [2.05, 4.69) is 33.9 Å². The van der Waals surface area contributed by atoms with Gasteiger partial charge in [0.05, 0.1) is 24.1 Å². The van der Waals surface area contributed by atoms with Crippen molar-refractivity contribution in [3.05, 3.63) is 101 Å². The van der Waals surface area contributed by atoms with E-state index in [-0.39, 0.29) is 23.7 Å². The zero-order valence-electron chi connectivity index (χ0n) is 23.9. The van der Waals surface area contributed by atoms with Crippen molar-refractivity contribution in [3.8, 4) is 17.0 Å². The van der Waals surface area contributed by atoms with E-state index in [1.807, 2.05) is 41.3 Å². The van der Waals surface area contributed by atoms with Crippen molar-refractivity contribution in [3.63, 3.8) is 0 Å². The molecule has 0 bridgehead atoms. The molecule has 4 aromatic rings. The molecular formula is C33H34F3N5O. The smallest absolute Gasteiger partial charge is 0.178 e. The lowest BCUT2D eigenvalue weighted by molar-refractivity contribution is 0.249. The van der Waals surface area contributed by atoms with Crippen LogP contribution in [0.5, 0.6) is 5.75 Å². The highest BCUT2D eigenvalue weighted by Gasteiger charge is 2.25. The molecule has 0 unspecified atom stereocenters. The topological polar surface area (TPSA) is 44.7 Å². The molecule has 0 spiro atoms. The fourth-order valence-electron chi connectivity index (χ4n) is 5.85. The maximum Gasteiger partial charge on any atom is 0.178 e. The first-order valence-corrected chi connectivity index (χ1v) is 14.3. The van der Waals surface area contributed by atoms with Crippen molar-refractivity contribution in [1.29, 1.82) is 0 Å². The van der Waals surface area contributed by atoms with Gasteiger partial charge in [0.15, 0.2) is 17.4 Å². The number of piperidine rings is 1. The molecule has 3 heterocycles. The minimum atomic E-state index is -0.660. The van der Waals surface area contributed by atoms with Crippen molar-refractivity contribution in [1.82, 2.24) is 14.9 Å². The first kappa shape index (κ1) is 28.0. The van der Waals surface area contributed by atoms with Gasteiger partial charge in [-0.2, -0.15) is 0 Å². The summed E-state index contributed by atoms with van der Waals surface area (Å²) in [5.41, 5.74) is 3.17. The van der Waals surface area contributed by atoms with Crippen molar-refractivity contribution >= 4 is 11.4 Å². The van der Waals surface area contributed by atoms with Gasteiger partial charge in [-0.1, -0.05) is 36.4 Å². The van der Waals surface area contributed by atoms with Crippen LogP contribution in [-0.4, -0.2) is 61.2 Å². The van der Waals surface area contributed by atoms with Gasteiger partial charge in [-0.25, -0.2) is 23.1 Å². The molecule has 42 heavy (non-hydrogen) atoms.